The van der Waals surface area contributed by atoms with Gasteiger partial charge in [-0.2, -0.15) is 0 Å². The Labute approximate surface area is 790 Å². The average Bonchev–Trinajstić information content (AvgIpc) is 1.70. The van der Waals surface area contributed by atoms with Gasteiger partial charge in [0.1, 0.15) is 26.4 Å². The monoisotopic (exact) mass is 1910 g/mol. The Bertz CT molecular complexity index is 4320. The number of carbonyl (C=O) groups is 13. The maximum atomic E-state index is 15.0. The summed E-state index contributed by atoms with van der Waals surface area (Å²) in [6.07, 6.45) is 3.20. The third-order valence-corrected chi connectivity index (χ3v) is 22.5. The molecule has 0 spiro atoms. The Hall–Kier alpha value is -11.1. The highest BCUT2D eigenvalue weighted by Crippen LogP contribution is 2.22. The molecule has 6 aromatic rings. The first-order chi connectivity index (χ1) is 63.7. The van der Waals surface area contributed by atoms with E-state index in [1.165, 1.54) is 0 Å². The van der Waals surface area contributed by atoms with Crippen LogP contribution in [0.4, 0.5) is 19.2 Å². The smallest absolute Gasteiger partial charge is 0.407 e. The van der Waals surface area contributed by atoms with E-state index in [1.807, 2.05) is 35.2 Å². The molecule has 0 aliphatic carbocycles. The lowest BCUT2D eigenvalue weighted by atomic mass is 10.1. The molecule has 0 radical (unpaired) electrons. The molecule has 0 unspecified atom stereocenters. The number of alkyl carbamates (subject to hydrolysis) is 4. The summed E-state index contributed by atoms with van der Waals surface area (Å²) in [5.41, 5.74) is 29.3. The van der Waals surface area contributed by atoms with Crippen LogP contribution in [0.2, 0.25) is 20.1 Å². The van der Waals surface area contributed by atoms with Gasteiger partial charge in [0.25, 0.3) is 0 Å². The number of nitrogens with zero attached hydrogens (tertiary/aromatic N) is 2. The van der Waals surface area contributed by atoms with Crippen molar-refractivity contribution < 1.29 is 81.3 Å². The van der Waals surface area contributed by atoms with Crippen molar-refractivity contribution in [1.29, 1.82) is 0 Å². The molecule has 0 saturated heterocycles. The summed E-state index contributed by atoms with van der Waals surface area (Å²) >= 11 is 24.7. The number of amides is 13. The van der Waals surface area contributed by atoms with Crippen LogP contribution in [0, 0.1) is 0 Å². The second kappa shape index (κ2) is 64.6. The van der Waals surface area contributed by atoms with Crippen LogP contribution in [0.5, 0.6) is 0 Å². The second-order valence-corrected chi connectivity index (χ2v) is 32.9. The van der Waals surface area contributed by atoms with Gasteiger partial charge < -0.3 is 121 Å². The summed E-state index contributed by atoms with van der Waals surface area (Å²) in [7, 11) is 0. The van der Waals surface area contributed by atoms with Crippen LogP contribution in [0.15, 0.2) is 127 Å². The lowest BCUT2D eigenvalue weighted by Crippen LogP contribution is -2.50. The number of ether oxygens (including phenoxy) is 4. The molecular formula is C91H130Cl4N20O17. The molecular weight excluding hydrogens is 1790 g/mol. The van der Waals surface area contributed by atoms with Gasteiger partial charge >= 0.3 is 24.4 Å². The largest absolute Gasteiger partial charge is 0.445 e. The van der Waals surface area contributed by atoms with Gasteiger partial charge in [0, 0.05) is 197 Å². The number of nitrogens with one attached hydrogen (secondary N) is 14. The van der Waals surface area contributed by atoms with Gasteiger partial charge in [-0.15, -0.1) is 0 Å². The van der Waals surface area contributed by atoms with Crippen LogP contribution in [-0.4, -0.2) is 240 Å². The van der Waals surface area contributed by atoms with Gasteiger partial charge in [-0.3, -0.25) is 48.1 Å². The number of halogens is 4. The number of benzene rings is 5. The Kier molecular flexibility index (Phi) is 53.7. The van der Waals surface area contributed by atoms with Crippen LogP contribution in [-0.2, 0) is 94.9 Å². The Morgan fingerprint density at radius 1 is 0.303 bits per heavy atom. The molecule has 22 N–H and O–H groups in total. The fourth-order valence-corrected chi connectivity index (χ4v) is 14.1. The molecule has 724 valence electrons. The summed E-state index contributed by atoms with van der Waals surface area (Å²) in [4.78, 5) is 178. The highest BCUT2D eigenvalue weighted by atomic mass is 35.5. The van der Waals surface area contributed by atoms with Gasteiger partial charge in [-0.25, -0.2) is 19.2 Å². The van der Waals surface area contributed by atoms with Crippen molar-refractivity contribution in [3.8, 4) is 0 Å². The fourth-order valence-electron chi connectivity index (χ4n) is 13.4. The number of hydrogen-bond donors (Lipinski definition) is 18. The number of rotatable bonds is 65. The van der Waals surface area contributed by atoms with E-state index in [9.17, 15) is 62.3 Å². The number of para-hydroxylation sites is 1. The highest BCUT2D eigenvalue weighted by Gasteiger charge is 2.29. The van der Waals surface area contributed by atoms with Gasteiger partial charge in [0.05, 0.1) is 30.2 Å². The molecule has 1 aromatic heterocycles. The Balaban J connectivity index is 1.07. The SMILES string of the molecule is N[C@@H](CCCCNC(=O)OCc1ccccc1Cl)C(=O)NCCNC(=O)CCN(CCC[C@@H](C(=O)NCCc1cc2ccccc2[nH]1)N(CCC(=O)NCCNC(=O)[C@@H](N)CCCCNC(=O)OCc1ccccc1Cl)CCC(=O)NCCNC(=O)[C@@H](N)CCCCNC(=O)OCc1ccccc1Cl)CCC(=O)NCCNC(=O)[C@@H](N)CCCCNC(=O)OCc1ccccc1Cl. The Morgan fingerprint density at radius 2 is 0.591 bits per heavy atom. The molecule has 0 fully saturated rings. The molecule has 0 saturated carbocycles. The van der Waals surface area contributed by atoms with E-state index >= 15 is 0 Å². The molecule has 41 heteroatoms. The predicted octanol–water partition coefficient (Wildman–Crippen LogP) is 6.38. The first-order valence-electron chi connectivity index (χ1n) is 44.8. The quantitative estimate of drug-likeness (QED) is 0.0145. The van der Waals surface area contributed by atoms with E-state index in [0.717, 1.165) is 16.6 Å². The first kappa shape index (κ1) is 110. The summed E-state index contributed by atoms with van der Waals surface area (Å²) in [5.74, 6) is -3.83. The van der Waals surface area contributed by atoms with Crippen LogP contribution in [0.3, 0.4) is 0 Å². The number of aromatic nitrogens is 1. The summed E-state index contributed by atoms with van der Waals surface area (Å²) in [6.45, 7) is 1.97. The van der Waals surface area contributed by atoms with E-state index in [1.54, 1.807) is 102 Å². The van der Waals surface area contributed by atoms with Crippen molar-refractivity contribution in [3.05, 3.63) is 175 Å². The van der Waals surface area contributed by atoms with E-state index in [4.69, 9.17) is 88.3 Å². The minimum atomic E-state index is -0.986. The van der Waals surface area contributed by atoms with Crippen LogP contribution >= 0.6 is 46.4 Å². The molecule has 0 aliphatic rings. The summed E-state index contributed by atoms with van der Waals surface area (Å²) in [5, 5.41) is 38.9. The third kappa shape index (κ3) is 46.8. The lowest BCUT2D eigenvalue weighted by molar-refractivity contribution is -0.129. The number of nitrogens with two attached hydrogens (primary N) is 4. The zero-order valence-electron chi connectivity index (χ0n) is 74.7. The third-order valence-electron chi connectivity index (χ3n) is 21.0. The van der Waals surface area contributed by atoms with E-state index in [2.05, 4.69) is 74.1 Å². The maximum absolute atomic E-state index is 15.0. The van der Waals surface area contributed by atoms with Crippen LogP contribution in [0.25, 0.3) is 10.9 Å². The number of aromatic amines is 1. The van der Waals surface area contributed by atoms with Gasteiger partial charge in [-0.1, -0.05) is 137 Å². The van der Waals surface area contributed by atoms with Crippen molar-refractivity contribution in [3.63, 3.8) is 0 Å². The number of hydrogen-bond acceptors (Lipinski definition) is 23. The minimum absolute atomic E-state index is 0.000347. The number of carbonyl (C=O) groups excluding carboxylic acids is 13. The molecule has 6 rings (SSSR count). The highest BCUT2D eigenvalue weighted by molar-refractivity contribution is 6.32. The molecule has 1 heterocycles. The molecule has 5 atom stereocenters. The van der Waals surface area contributed by atoms with Gasteiger partial charge in [0.2, 0.25) is 53.2 Å². The lowest BCUT2D eigenvalue weighted by Gasteiger charge is -2.31. The van der Waals surface area contributed by atoms with E-state index in [-0.39, 0.29) is 195 Å². The van der Waals surface area contributed by atoms with Crippen molar-refractivity contribution in [2.45, 2.75) is 179 Å². The Morgan fingerprint density at radius 3 is 0.909 bits per heavy atom. The number of fused-ring (bicyclic) bond motifs is 1. The average molecular weight is 1920 g/mol. The van der Waals surface area contributed by atoms with Crippen molar-refractivity contribution >= 4 is 135 Å². The summed E-state index contributed by atoms with van der Waals surface area (Å²) < 4.78 is 21.0. The number of unbranched alkanes of at least 4 members (excludes halogenated alkanes) is 4. The van der Waals surface area contributed by atoms with Crippen molar-refractivity contribution in [2.75, 3.05) is 118 Å². The minimum Gasteiger partial charge on any atom is -0.445 e. The second-order valence-electron chi connectivity index (χ2n) is 31.3. The zero-order valence-corrected chi connectivity index (χ0v) is 77.7. The topological polar surface area (TPSA) is 542 Å². The standard InChI is InChI=1S/C91H130Cl4N20O17/c92-69-25-6-1-21-64(69)59-129-88(125)109-40-15-11-29-73(96)83(120)105-49-45-100-79(116)36-54-114(55-37-80(117)101-46-50-106-84(121)74(97)30-12-16-41-110-89(126)130-60-65-22-2-7-26-70(65)93)53-19-34-78(87(124)104-44-35-68-58-63-20-5-10-33-77(63)113-68)115(56-38-81(118)102-47-51-107-85(122)75(98)31-13-17-42-111-90(127)131-61-66-23-3-8-27-71(66)94)57-39-82(119)103-48-52-108-86(123)76(99)32-14-18-43-112-91(128)132-62-67-24-4-9-28-72(67)95/h1-10,20-28,33,58,73-76,78,113H,11-19,29-32,34-57,59-62,96-99H2,(H,100,116)(H,101,117)(H,102,118)(H,103,119)(H,104,124)(H,105,120)(H,106,121)(H,107,122)(H,108,123)(H,109,125)(H,110,126)(H,111,127)(H,112,128)/t73-,74-,75-,76-,78-/m0/s1. The summed E-state index contributed by atoms with van der Waals surface area (Å²) in [6, 6.07) is 33.2. The molecule has 0 bridgehead atoms. The molecule has 13 amide bonds. The number of H-pyrrole nitrogens is 1. The van der Waals surface area contributed by atoms with Crippen LogP contribution < -0.4 is 92.1 Å². The fraction of sp³-hybridized carbons (Fsp3) is 0.505. The van der Waals surface area contributed by atoms with Crippen LogP contribution in [0.1, 0.15) is 144 Å². The van der Waals surface area contributed by atoms with E-state index < -0.39 is 95.9 Å². The molecule has 5 aromatic carbocycles. The van der Waals surface area contributed by atoms with Crippen molar-refractivity contribution in [1.82, 2.24) is 83.9 Å². The van der Waals surface area contributed by atoms with Gasteiger partial charge in [-0.05, 0) is 138 Å². The molecule has 0 aliphatic heterocycles. The van der Waals surface area contributed by atoms with Crippen molar-refractivity contribution in [2.24, 2.45) is 22.9 Å². The maximum Gasteiger partial charge on any atom is 0.407 e. The first-order valence-corrected chi connectivity index (χ1v) is 46.3. The molecule has 37 nitrogen and oxygen atoms in total. The zero-order chi connectivity index (χ0) is 95.5. The predicted molar refractivity (Wildman–Crippen MR) is 504 cm³/mol. The normalized spacial score (nSPS) is 12.2. The molecule has 132 heavy (non-hydrogen) atoms. The van der Waals surface area contributed by atoms with E-state index in [0.29, 0.717) is 126 Å². The van der Waals surface area contributed by atoms with Gasteiger partial charge in [0.15, 0.2) is 0 Å².